The van der Waals surface area contributed by atoms with Crippen LogP contribution in [0.15, 0.2) is 0 Å². The fourth-order valence-electron chi connectivity index (χ4n) is 1.23. The van der Waals surface area contributed by atoms with Crippen LogP contribution in [-0.4, -0.2) is 40.9 Å². The van der Waals surface area contributed by atoms with Crippen molar-refractivity contribution in [3.8, 4) is 0 Å². The largest absolute Gasteiger partial charge is 0.356 e. The Morgan fingerprint density at radius 2 is 2.15 bits per heavy atom. The highest BCUT2D eigenvalue weighted by atomic mass is 16.6. The predicted octanol–water partition coefficient (Wildman–Crippen LogP) is 0.352. The van der Waals surface area contributed by atoms with Crippen LogP contribution in [0.1, 0.15) is 27.2 Å². The molecule has 0 radical (unpaired) electrons. The molecule has 1 unspecified atom stereocenters. The van der Waals surface area contributed by atoms with Gasteiger partial charge in [-0.3, -0.25) is 4.79 Å². The molecule has 1 rings (SSSR count). The topological polar surface area (TPSA) is 49.8 Å². The highest BCUT2D eigenvalue weighted by Crippen LogP contribution is 2.15. The van der Waals surface area contributed by atoms with Gasteiger partial charge in [0.1, 0.15) is 5.78 Å². The number of hydrogen-bond acceptors (Lipinski definition) is 4. The summed E-state index contributed by atoms with van der Waals surface area (Å²) in [4.78, 5) is 12.5. The van der Waals surface area contributed by atoms with E-state index in [9.17, 15) is 9.90 Å². The van der Waals surface area contributed by atoms with Gasteiger partial charge in [-0.25, -0.2) is 4.90 Å². The molecular formula is C9H17NO3. The van der Waals surface area contributed by atoms with Gasteiger partial charge in [-0.1, -0.05) is 0 Å². The number of nitrogens with zero attached hydrogens (tertiary/aromatic N) is 1. The lowest BCUT2D eigenvalue weighted by Gasteiger charge is -2.29. The Morgan fingerprint density at radius 1 is 1.54 bits per heavy atom. The van der Waals surface area contributed by atoms with Crippen molar-refractivity contribution in [1.29, 1.82) is 0 Å². The predicted molar refractivity (Wildman–Crippen MR) is 48.0 cm³/mol. The zero-order valence-electron chi connectivity index (χ0n) is 8.41. The standard InChI is InChI=1S/C9H17NO3/c1-9(2,3)13-8(12)10-5-4-7(11)6-10/h8,12H,4-6H2,1-3H3. The van der Waals surface area contributed by atoms with E-state index < -0.39 is 6.41 Å². The number of rotatable bonds is 2. The number of carbonyl (C=O) groups is 1. The third-order valence-corrected chi connectivity index (χ3v) is 1.83. The van der Waals surface area contributed by atoms with E-state index in [1.54, 1.807) is 4.90 Å². The van der Waals surface area contributed by atoms with Crippen LogP contribution in [-0.2, 0) is 9.53 Å². The van der Waals surface area contributed by atoms with Gasteiger partial charge >= 0.3 is 0 Å². The van der Waals surface area contributed by atoms with Crippen LogP contribution in [0.4, 0.5) is 0 Å². The van der Waals surface area contributed by atoms with Crippen molar-refractivity contribution < 1.29 is 14.6 Å². The Morgan fingerprint density at radius 3 is 2.54 bits per heavy atom. The minimum absolute atomic E-state index is 0.163. The van der Waals surface area contributed by atoms with E-state index in [1.807, 2.05) is 20.8 Å². The molecule has 0 saturated carbocycles. The molecule has 1 aliphatic heterocycles. The van der Waals surface area contributed by atoms with Gasteiger partial charge in [0.25, 0.3) is 0 Å². The van der Waals surface area contributed by atoms with E-state index in [-0.39, 0.29) is 11.4 Å². The molecule has 1 fully saturated rings. The van der Waals surface area contributed by atoms with Crippen LogP contribution in [0.25, 0.3) is 0 Å². The minimum Gasteiger partial charge on any atom is -0.356 e. The van der Waals surface area contributed by atoms with Crippen LogP contribution in [0.5, 0.6) is 0 Å². The smallest absolute Gasteiger partial charge is 0.217 e. The van der Waals surface area contributed by atoms with E-state index in [2.05, 4.69) is 0 Å². The number of Topliss-reactive ketones (excluding diaryl/α,β-unsaturated/α-hetero) is 1. The molecule has 13 heavy (non-hydrogen) atoms. The van der Waals surface area contributed by atoms with Gasteiger partial charge < -0.3 is 9.84 Å². The first kappa shape index (κ1) is 10.6. The summed E-state index contributed by atoms with van der Waals surface area (Å²) in [5, 5.41) is 9.55. The van der Waals surface area contributed by atoms with Crippen LogP contribution in [0, 0.1) is 0 Å². The van der Waals surface area contributed by atoms with E-state index in [1.165, 1.54) is 0 Å². The lowest BCUT2D eigenvalue weighted by molar-refractivity contribution is -0.233. The molecule has 0 aromatic rings. The molecule has 1 saturated heterocycles. The van der Waals surface area contributed by atoms with Gasteiger partial charge in [0.05, 0.1) is 12.1 Å². The van der Waals surface area contributed by atoms with Crippen molar-refractivity contribution in [3.63, 3.8) is 0 Å². The molecule has 4 nitrogen and oxygen atoms in total. The number of aliphatic hydroxyl groups excluding tert-OH is 1. The van der Waals surface area contributed by atoms with Gasteiger partial charge in [0.2, 0.25) is 6.41 Å². The summed E-state index contributed by atoms with van der Waals surface area (Å²) in [6.45, 7) is 6.50. The summed E-state index contributed by atoms with van der Waals surface area (Å²) in [5.74, 6) is 0.163. The summed E-state index contributed by atoms with van der Waals surface area (Å²) in [6.07, 6.45) is -0.434. The van der Waals surface area contributed by atoms with E-state index in [4.69, 9.17) is 4.74 Å². The zero-order valence-corrected chi connectivity index (χ0v) is 8.41. The monoisotopic (exact) mass is 187 g/mol. The van der Waals surface area contributed by atoms with Crippen molar-refractivity contribution in [2.24, 2.45) is 0 Å². The maximum atomic E-state index is 10.9. The van der Waals surface area contributed by atoms with Crippen LogP contribution in [0.2, 0.25) is 0 Å². The summed E-state index contributed by atoms with van der Waals surface area (Å²) in [5.41, 5.74) is -0.384. The zero-order chi connectivity index (χ0) is 10.1. The quantitative estimate of drug-likeness (QED) is 0.634. The molecule has 0 aromatic carbocycles. The molecule has 0 bridgehead atoms. The lowest BCUT2D eigenvalue weighted by Crippen LogP contribution is -2.40. The number of likely N-dealkylation sites (tertiary alicyclic amines) is 1. The summed E-state index contributed by atoms with van der Waals surface area (Å²) >= 11 is 0. The second-order valence-electron chi connectivity index (χ2n) is 4.32. The van der Waals surface area contributed by atoms with E-state index in [0.29, 0.717) is 19.5 Å². The van der Waals surface area contributed by atoms with Crippen LogP contribution >= 0.6 is 0 Å². The number of ether oxygens (including phenoxy) is 1. The Balaban J connectivity index is 2.40. The Bertz CT molecular complexity index is 198. The number of aliphatic hydroxyl groups is 1. The van der Waals surface area contributed by atoms with Gasteiger partial charge in [-0.05, 0) is 20.8 Å². The minimum atomic E-state index is -0.952. The van der Waals surface area contributed by atoms with Crippen molar-refractivity contribution >= 4 is 5.78 Å². The van der Waals surface area contributed by atoms with Crippen molar-refractivity contribution in [3.05, 3.63) is 0 Å². The highest BCUT2D eigenvalue weighted by molar-refractivity contribution is 5.82. The molecular weight excluding hydrogens is 170 g/mol. The normalized spacial score (nSPS) is 22.3. The fourth-order valence-corrected chi connectivity index (χ4v) is 1.23. The number of ketones is 1. The van der Waals surface area contributed by atoms with E-state index in [0.717, 1.165) is 0 Å². The van der Waals surface area contributed by atoms with Gasteiger partial charge in [-0.15, -0.1) is 0 Å². The molecule has 76 valence electrons. The molecule has 0 aromatic heterocycles. The Hall–Kier alpha value is -0.450. The number of carbonyl (C=O) groups excluding carboxylic acids is 1. The average Bonchev–Trinajstić information content (AvgIpc) is 2.31. The lowest BCUT2D eigenvalue weighted by atomic mass is 10.2. The van der Waals surface area contributed by atoms with Crippen LogP contribution < -0.4 is 0 Å². The maximum Gasteiger partial charge on any atom is 0.217 e. The van der Waals surface area contributed by atoms with Gasteiger partial charge in [-0.2, -0.15) is 0 Å². The highest BCUT2D eigenvalue weighted by Gasteiger charge is 2.28. The molecule has 4 heteroatoms. The van der Waals surface area contributed by atoms with Crippen molar-refractivity contribution in [1.82, 2.24) is 4.90 Å². The molecule has 1 aliphatic rings. The molecule has 0 aliphatic carbocycles. The van der Waals surface area contributed by atoms with E-state index >= 15 is 0 Å². The molecule has 0 amide bonds. The summed E-state index contributed by atoms with van der Waals surface area (Å²) in [6, 6.07) is 0. The first-order valence-corrected chi connectivity index (χ1v) is 4.50. The molecule has 1 atom stereocenters. The van der Waals surface area contributed by atoms with Crippen LogP contribution in [0.3, 0.4) is 0 Å². The Kier molecular flexibility index (Phi) is 3.05. The van der Waals surface area contributed by atoms with Crippen molar-refractivity contribution in [2.75, 3.05) is 13.1 Å². The molecule has 1 heterocycles. The molecule has 0 spiro atoms. The Labute approximate surface area is 78.5 Å². The maximum absolute atomic E-state index is 10.9. The first-order valence-electron chi connectivity index (χ1n) is 4.50. The average molecular weight is 187 g/mol. The van der Waals surface area contributed by atoms with Crippen molar-refractivity contribution in [2.45, 2.75) is 39.2 Å². The fraction of sp³-hybridized carbons (Fsp3) is 0.889. The second-order valence-corrected chi connectivity index (χ2v) is 4.32. The SMILES string of the molecule is CC(C)(C)OC(O)N1CCC(=O)C1. The summed E-state index contributed by atoms with van der Waals surface area (Å²) < 4.78 is 5.30. The third-order valence-electron chi connectivity index (χ3n) is 1.83. The summed E-state index contributed by atoms with van der Waals surface area (Å²) in [7, 11) is 0. The van der Waals surface area contributed by atoms with Gasteiger partial charge in [0, 0.05) is 13.0 Å². The second kappa shape index (κ2) is 3.74. The first-order chi connectivity index (χ1) is 5.88. The molecule has 1 N–H and O–H groups in total. The van der Waals surface area contributed by atoms with Gasteiger partial charge in [0.15, 0.2) is 0 Å². The number of hydrogen-bond donors (Lipinski definition) is 1. The third kappa shape index (κ3) is 3.42.